The maximum absolute atomic E-state index is 13.4. The van der Waals surface area contributed by atoms with E-state index in [1.807, 2.05) is 6.92 Å². The number of thioether (sulfide) groups is 1. The first kappa shape index (κ1) is 22.1. The highest BCUT2D eigenvalue weighted by Gasteiger charge is 2.34. The molecule has 30 heavy (non-hydrogen) atoms. The molecule has 0 aromatic heterocycles. The molecule has 156 valence electrons. The average Bonchev–Trinajstić information content (AvgIpc) is 2.97. The molecule has 2 amide bonds. The van der Waals surface area contributed by atoms with Crippen LogP contribution in [0.3, 0.4) is 0 Å². The Bertz CT molecular complexity index is 1020. The number of benzene rings is 2. The van der Waals surface area contributed by atoms with Crippen LogP contribution in [-0.4, -0.2) is 29.2 Å². The number of halogens is 2. The topological polar surface area (TPSA) is 55.8 Å². The van der Waals surface area contributed by atoms with E-state index in [0.29, 0.717) is 38.6 Å². The van der Waals surface area contributed by atoms with Crippen LogP contribution in [0.25, 0.3) is 6.08 Å². The van der Waals surface area contributed by atoms with Crippen molar-refractivity contribution in [2.24, 2.45) is 0 Å². The molecule has 1 saturated heterocycles. The van der Waals surface area contributed by atoms with Crippen molar-refractivity contribution in [3.05, 3.63) is 75.4 Å². The summed E-state index contributed by atoms with van der Waals surface area (Å²) >= 11 is 4.36. The van der Waals surface area contributed by atoms with Gasteiger partial charge >= 0.3 is 0 Å². The van der Waals surface area contributed by atoms with E-state index in [0.717, 1.165) is 16.7 Å². The molecular formula is C22H19BrFNO4S. The fourth-order valence-electron chi connectivity index (χ4n) is 2.76. The van der Waals surface area contributed by atoms with Crippen molar-refractivity contribution in [3.8, 4) is 11.5 Å². The maximum Gasteiger partial charge on any atom is 0.293 e. The average molecular weight is 492 g/mol. The monoisotopic (exact) mass is 491 g/mol. The third-order valence-corrected chi connectivity index (χ3v) is 5.71. The molecule has 0 N–H and O–H groups in total. The van der Waals surface area contributed by atoms with Gasteiger partial charge < -0.3 is 9.47 Å². The number of imide groups is 1. The minimum atomic E-state index is -0.360. The summed E-state index contributed by atoms with van der Waals surface area (Å²) in [7, 11) is 0. The fraction of sp³-hybridized carbons (Fsp3) is 0.182. The largest absolute Gasteiger partial charge is 0.490 e. The van der Waals surface area contributed by atoms with Gasteiger partial charge in [-0.05, 0) is 60.2 Å². The van der Waals surface area contributed by atoms with Gasteiger partial charge in [0, 0.05) is 11.0 Å². The Morgan fingerprint density at radius 3 is 2.67 bits per heavy atom. The van der Waals surface area contributed by atoms with E-state index in [-0.39, 0.29) is 30.1 Å². The van der Waals surface area contributed by atoms with Crippen LogP contribution in [-0.2, 0) is 11.4 Å². The Morgan fingerprint density at radius 2 is 1.97 bits per heavy atom. The summed E-state index contributed by atoms with van der Waals surface area (Å²) in [6, 6.07) is 9.63. The van der Waals surface area contributed by atoms with Crippen LogP contribution in [0.5, 0.6) is 11.5 Å². The summed E-state index contributed by atoms with van der Waals surface area (Å²) in [4.78, 5) is 25.9. The summed E-state index contributed by atoms with van der Waals surface area (Å²) in [5.74, 6) is 0.267. The van der Waals surface area contributed by atoms with Gasteiger partial charge in [-0.15, -0.1) is 6.58 Å². The molecule has 0 bridgehead atoms. The van der Waals surface area contributed by atoms with Crippen molar-refractivity contribution < 1.29 is 23.5 Å². The smallest absolute Gasteiger partial charge is 0.293 e. The van der Waals surface area contributed by atoms with Gasteiger partial charge in [0.05, 0.1) is 11.5 Å². The minimum Gasteiger partial charge on any atom is -0.490 e. The van der Waals surface area contributed by atoms with Crippen molar-refractivity contribution >= 4 is 44.9 Å². The molecule has 0 aliphatic carbocycles. The zero-order valence-electron chi connectivity index (χ0n) is 16.2. The Morgan fingerprint density at radius 1 is 1.20 bits per heavy atom. The third-order valence-electron chi connectivity index (χ3n) is 4.12. The number of carbonyl (C=O) groups is 2. The highest BCUT2D eigenvalue weighted by atomic mass is 79.9. The van der Waals surface area contributed by atoms with Crippen molar-refractivity contribution in [2.45, 2.75) is 13.5 Å². The summed E-state index contributed by atoms with van der Waals surface area (Å²) < 4.78 is 25.6. The predicted octanol–water partition coefficient (Wildman–Crippen LogP) is 5.79. The number of amides is 2. The Balaban J connectivity index is 1.86. The van der Waals surface area contributed by atoms with Gasteiger partial charge in [0.2, 0.25) is 0 Å². The molecule has 0 unspecified atom stereocenters. The second-order valence-electron chi connectivity index (χ2n) is 6.25. The predicted molar refractivity (Wildman–Crippen MR) is 119 cm³/mol. The molecule has 1 heterocycles. The lowest BCUT2D eigenvalue weighted by molar-refractivity contribution is -0.122. The third kappa shape index (κ3) is 5.12. The lowest BCUT2D eigenvalue weighted by atomic mass is 10.1. The minimum absolute atomic E-state index is 0.167. The first-order valence-electron chi connectivity index (χ1n) is 9.12. The summed E-state index contributed by atoms with van der Waals surface area (Å²) in [6.07, 6.45) is 3.14. The van der Waals surface area contributed by atoms with E-state index in [1.165, 1.54) is 18.2 Å². The molecule has 0 radical (unpaired) electrons. The number of rotatable bonds is 8. The molecule has 1 aliphatic rings. The van der Waals surface area contributed by atoms with E-state index in [9.17, 15) is 14.0 Å². The molecule has 1 fully saturated rings. The SMILES string of the molecule is C=CCN1C(=O)S/C(=C/c2cc(OCC)c(OCc3cccc(F)c3)cc2Br)C1=O. The van der Waals surface area contributed by atoms with E-state index >= 15 is 0 Å². The number of nitrogens with zero attached hydrogens (tertiary/aromatic N) is 1. The lowest BCUT2D eigenvalue weighted by Crippen LogP contribution is -2.27. The number of hydrogen-bond donors (Lipinski definition) is 0. The first-order valence-corrected chi connectivity index (χ1v) is 10.7. The van der Waals surface area contributed by atoms with Gasteiger partial charge in [0.1, 0.15) is 12.4 Å². The molecule has 2 aromatic rings. The Hall–Kier alpha value is -2.58. The first-order chi connectivity index (χ1) is 14.4. The quantitative estimate of drug-likeness (QED) is 0.345. The summed E-state index contributed by atoms with van der Waals surface area (Å²) in [5.41, 5.74) is 1.36. The molecule has 0 atom stereocenters. The van der Waals surface area contributed by atoms with Crippen LogP contribution in [0, 0.1) is 5.82 Å². The summed E-state index contributed by atoms with van der Waals surface area (Å²) in [5, 5.41) is -0.331. The van der Waals surface area contributed by atoms with Gasteiger partial charge in [-0.2, -0.15) is 0 Å². The molecule has 3 rings (SSSR count). The zero-order chi connectivity index (χ0) is 21.7. The second kappa shape index (κ2) is 9.95. The molecule has 8 heteroatoms. The van der Waals surface area contributed by atoms with E-state index in [1.54, 1.807) is 30.3 Å². The van der Waals surface area contributed by atoms with Crippen LogP contribution in [0.2, 0.25) is 0 Å². The summed E-state index contributed by atoms with van der Waals surface area (Å²) in [6.45, 7) is 6.16. The number of ether oxygens (including phenoxy) is 2. The van der Waals surface area contributed by atoms with Crippen LogP contribution in [0.4, 0.5) is 9.18 Å². The highest BCUT2D eigenvalue weighted by molar-refractivity contribution is 9.10. The van der Waals surface area contributed by atoms with Crippen LogP contribution in [0.15, 0.2) is 58.4 Å². The number of hydrogen-bond acceptors (Lipinski definition) is 5. The maximum atomic E-state index is 13.4. The van der Waals surface area contributed by atoms with Gasteiger partial charge in [0.15, 0.2) is 11.5 Å². The van der Waals surface area contributed by atoms with Crippen LogP contribution < -0.4 is 9.47 Å². The molecule has 0 spiro atoms. The zero-order valence-corrected chi connectivity index (χ0v) is 18.6. The highest BCUT2D eigenvalue weighted by Crippen LogP contribution is 2.38. The van der Waals surface area contributed by atoms with E-state index in [4.69, 9.17) is 9.47 Å². The lowest BCUT2D eigenvalue weighted by Gasteiger charge is -2.14. The van der Waals surface area contributed by atoms with Gasteiger partial charge in [-0.1, -0.05) is 34.1 Å². The molecule has 2 aromatic carbocycles. The Kier molecular flexibility index (Phi) is 7.33. The molecule has 1 aliphatic heterocycles. The van der Waals surface area contributed by atoms with Crippen molar-refractivity contribution in [1.82, 2.24) is 4.90 Å². The number of carbonyl (C=O) groups excluding carboxylic acids is 2. The van der Waals surface area contributed by atoms with Crippen molar-refractivity contribution in [1.29, 1.82) is 0 Å². The van der Waals surface area contributed by atoms with Gasteiger partial charge in [-0.3, -0.25) is 14.5 Å². The normalized spacial score (nSPS) is 15.0. The second-order valence-corrected chi connectivity index (χ2v) is 8.10. The van der Waals surface area contributed by atoms with E-state index < -0.39 is 0 Å². The molecular weight excluding hydrogens is 473 g/mol. The van der Waals surface area contributed by atoms with E-state index in [2.05, 4.69) is 22.5 Å². The van der Waals surface area contributed by atoms with Gasteiger partial charge in [-0.25, -0.2) is 4.39 Å². The van der Waals surface area contributed by atoms with Crippen molar-refractivity contribution in [3.63, 3.8) is 0 Å². The molecule has 0 saturated carbocycles. The van der Waals surface area contributed by atoms with Crippen LogP contribution in [0.1, 0.15) is 18.1 Å². The standard InChI is InChI=1S/C22H19BrFNO4S/c1-3-8-25-21(26)20(30-22(25)27)11-15-10-18(28-4-2)19(12-17(15)23)29-13-14-6-5-7-16(24)9-14/h3,5-7,9-12H,1,4,8,13H2,2H3/b20-11+. The Labute approximate surface area is 186 Å². The van der Waals surface area contributed by atoms with Crippen molar-refractivity contribution in [2.75, 3.05) is 13.2 Å². The van der Waals surface area contributed by atoms with Gasteiger partial charge in [0.25, 0.3) is 11.1 Å². The molecule has 5 nitrogen and oxygen atoms in total. The van der Waals surface area contributed by atoms with Crippen LogP contribution >= 0.6 is 27.7 Å². The fourth-order valence-corrected chi connectivity index (χ4v) is 4.03.